The highest BCUT2D eigenvalue weighted by Crippen LogP contribution is 2.30. The van der Waals surface area contributed by atoms with Crippen molar-refractivity contribution in [3.8, 4) is 0 Å². The molecule has 0 N–H and O–H groups in total. The molecule has 1 aliphatic rings. The van der Waals surface area contributed by atoms with Gasteiger partial charge in [-0.15, -0.1) is 0 Å². The average Bonchev–Trinajstić information content (AvgIpc) is 3.30. The zero-order valence-corrected chi connectivity index (χ0v) is 16.5. The smallest absolute Gasteiger partial charge is 0.350 e. The lowest BCUT2D eigenvalue weighted by molar-refractivity contribution is -0.119. The fraction of sp³-hybridized carbons (Fsp3) is 0.381. The van der Waals surface area contributed by atoms with Crippen LogP contribution in [0, 0.1) is 12.8 Å². The number of anilines is 1. The lowest BCUT2D eigenvalue weighted by Gasteiger charge is -2.21. The molecule has 1 atom stereocenters. The number of ether oxygens (including phenoxy) is 1. The number of nitrogens with zero attached hydrogens (tertiary/aromatic N) is 2. The molecule has 2 aromatic rings. The summed E-state index contributed by atoms with van der Waals surface area (Å²) >= 11 is 1.22. The van der Waals surface area contributed by atoms with Crippen LogP contribution in [0.1, 0.15) is 47.1 Å². The standard InChI is InChI=1S/C21H24N2O3S/c1-3-26-20(25)19-15(2)22-21(27-19)23(14-17-11-5-4-6-12-17)18(24)13-16-9-7-8-10-16/h4-7,9,11-12,16H,3,8,10,13-14H2,1-2H3. The van der Waals surface area contributed by atoms with Gasteiger partial charge in [-0.3, -0.25) is 9.69 Å². The molecule has 1 amide bonds. The van der Waals surface area contributed by atoms with E-state index in [-0.39, 0.29) is 17.8 Å². The van der Waals surface area contributed by atoms with Gasteiger partial charge in [-0.1, -0.05) is 53.8 Å². The van der Waals surface area contributed by atoms with Gasteiger partial charge in [0.25, 0.3) is 0 Å². The number of benzene rings is 1. The third-order valence-electron chi connectivity index (χ3n) is 4.51. The summed E-state index contributed by atoms with van der Waals surface area (Å²) in [7, 11) is 0. The van der Waals surface area contributed by atoms with Gasteiger partial charge in [-0.05, 0) is 38.2 Å². The summed E-state index contributed by atoms with van der Waals surface area (Å²) in [6.07, 6.45) is 6.74. The first-order valence-corrected chi connectivity index (χ1v) is 10.1. The zero-order chi connectivity index (χ0) is 19.2. The predicted octanol–water partition coefficient (Wildman–Crippen LogP) is 4.52. The van der Waals surface area contributed by atoms with Gasteiger partial charge in [-0.2, -0.15) is 0 Å². The number of amides is 1. The molecule has 5 nitrogen and oxygen atoms in total. The normalized spacial score (nSPS) is 15.7. The number of aromatic nitrogens is 1. The van der Waals surface area contributed by atoms with E-state index >= 15 is 0 Å². The number of rotatable bonds is 7. The van der Waals surface area contributed by atoms with Gasteiger partial charge in [0.15, 0.2) is 5.13 Å². The van der Waals surface area contributed by atoms with Crippen LogP contribution in [0.4, 0.5) is 5.13 Å². The minimum Gasteiger partial charge on any atom is -0.462 e. The van der Waals surface area contributed by atoms with Crippen molar-refractivity contribution in [3.63, 3.8) is 0 Å². The second kappa shape index (κ2) is 8.95. The first kappa shape index (κ1) is 19.3. The van der Waals surface area contributed by atoms with Crippen LogP contribution in [0.15, 0.2) is 42.5 Å². The largest absolute Gasteiger partial charge is 0.462 e. The van der Waals surface area contributed by atoms with Gasteiger partial charge in [0, 0.05) is 6.42 Å². The van der Waals surface area contributed by atoms with Crippen LogP contribution in [0.5, 0.6) is 0 Å². The molecule has 3 rings (SSSR count). The van der Waals surface area contributed by atoms with E-state index in [9.17, 15) is 9.59 Å². The Morgan fingerprint density at radius 2 is 2.07 bits per heavy atom. The molecule has 0 bridgehead atoms. The van der Waals surface area contributed by atoms with Crippen molar-refractivity contribution in [2.45, 2.75) is 39.7 Å². The molecule has 1 unspecified atom stereocenters. The molecule has 0 saturated heterocycles. The highest BCUT2D eigenvalue weighted by Gasteiger charge is 2.26. The van der Waals surface area contributed by atoms with Crippen LogP contribution in [-0.4, -0.2) is 23.5 Å². The van der Waals surface area contributed by atoms with Crippen molar-refractivity contribution >= 4 is 28.3 Å². The molecule has 1 aromatic heterocycles. The Labute approximate surface area is 163 Å². The van der Waals surface area contributed by atoms with Gasteiger partial charge >= 0.3 is 5.97 Å². The van der Waals surface area contributed by atoms with Gasteiger partial charge in [0.05, 0.1) is 18.8 Å². The molecule has 142 valence electrons. The highest BCUT2D eigenvalue weighted by molar-refractivity contribution is 7.17. The molecule has 0 fully saturated rings. The maximum absolute atomic E-state index is 13.1. The Morgan fingerprint density at radius 1 is 1.30 bits per heavy atom. The first-order valence-electron chi connectivity index (χ1n) is 9.24. The van der Waals surface area contributed by atoms with E-state index in [0.29, 0.717) is 35.3 Å². The number of carbonyl (C=O) groups is 2. The number of aryl methyl sites for hydroxylation is 1. The maximum Gasteiger partial charge on any atom is 0.350 e. The Bertz CT molecular complexity index is 829. The molecule has 0 saturated carbocycles. The molecule has 0 spiro atoms. The van der Waals surface area contributed by atoms with E-state index in [1.165, 1.54) is 11.3 Å². The number of esters is 1. The maximum atomic E-state index is 13.1. The third kappa shape index (κ3) is 4.83. The van der Waals surface area contributed by atoms with E-state index in [0.717, 1.165) is 18.4 Å². The summed E-state index contributed by atoms with van der Waals surface area (Å²) in [5.41, 5.74) is 1.62. The van der Waals surface area contributed by atoms with Crippen molar-refractivity contribution in [2.24, 2.45) is 5.92 Å². The van der Waals surface area contributed by atoms with E-state index < -0.39 is 0 Å². The Morgan fingerprint density at radius 3 is 2.74 bits per heavy atom. The van der Waals surface area contributed by atoms with Crippen LogP contribution in [0.25, 0.3) is 0 Å². The second-order valence-corrected chi connectivity index (χ2v) is 7.54. The van der Waals surface area contributed by atoms with E-state index in [2.05, 4.69) is 17.1 Å². The minimum absolute atomic E-state index is 0.0274. The summed E-state index contributed by atoms with van der Waals surface area (Å²) in [5, 5.41) is 0.548. The summed E-state index contributed by atoms with van der Waals surface area (Å²) in [6.45, 7) is 4.30. The Hall–Kier alpha value is -2.47. The SMILES string of the molecule is CCOC(=O)c1sc(N(Cc2ccccc2)C(=O)CC2C=CCC2)nc1C. The molecule has 1 aliphatic carbocycles. The van der Waals surface area contributed by atoms with Gasteiger partial charge in [0.2, 0.25) is 5.91 Å². The zero-order valence-electron chi connectivity index (χ0n) is 15.7. The summed E-state index contributed by atoms with van der Waals surface area (Å²) in [6, 6.07) is 9.83. The van der Waals surface area contributed by atoms with Crippen molar-refractivity contribution in [2.75, 3.05) is 11.5 Å². The number of allylic oxidation sites excluding steroid dienone is 2. The molecule has 27 heavy (non-hydrogen) atoms. The van der Waals surface area contributed by atoms with Gasteiger partial charge in [0.1, 0.15) is 4.88 Å². The van der Waals surface area contributed by atoms with Crippen LogP contribution in [0.3, 0.4) is 0 Å². The van der Waals surface area contributed by atoms with Gasteiger partial charge < -0.3 is 4.74 Å². The molecule has 0 radical (unpaired) electrons. The van der Waals surface area contributed by atoms with Crippen LogP contribution in [0.2, 0.25) is 0 Å². The molecule has 1 aromatic carbocycles. The van der Waals surface area contributed by atoms with Crippen LogP contribution >= 0.6 is 11.3 Å². The van der Waals surface area contributed by atoms with Gasteiger partial charge in [-0.25, -0.2) is 9.78 Å². The Kier molecular flexibility index (Phi) is 6.40. The molecule has 0 aliphatic heterocycles. The monoisotopic (exact) mass is 384 g/mol. The fourth-order valence-electron chi connectivity index (χ4n) is 3.11. The first-order chi connectivity index (χ1) is 13.1. The van der Waals surface area contributed by atoms with Crippen LogP contribution < -0.4 is 4.90 Å². The lowest BCUT2D eigenvalue weighted by Crippen LogP contribution is -2.31. The summed E-state index contributed by atoms with van der Waals surface area (Å²) in [4.78, 5) is 31.9. The topological polar surface area (TPSA) is 59.5 Å². The van der Waals surface area contributed by atoms with E-state index in [1.54, 1.807) is 18.7 Å². The second-order valence-electron chi connectivity index (χ2n) is 6.57. The molecule has 6 heteroatoms. The average molecular weight is 385 g/mol. The summed E-state index contributed by atoms with van der Waals surface area (Å²) < 4.78 is 5.11. The fourth-order valence-corrected chi connectivity index (χ4v) is 4.09. The minimum atomic E-state index is -0.385. The van der Waals surface area contributed by atoms with Crippen molar-refractivity contribution in [3.05, 3.63) is 58.6 Å². The van der Waals surface area contributed by atoms with Crippen LogP contribution in [-0.2, 0) is 16.1 Å². The number of carbonyl (C=O) groups excluding carboxylic acids is 2. The number of thiazole rings is 1. The molecular weight excluding hydrogens is 360 g/mol. The molecule has 1 heterocycles. The quantitative estimate of drug-likeness (QED) is 0.520. The predicted molar refractivity (Wildman–Crippen MR) is 107 cm³/mol. The Balaban J connectivity index is 1.86. The van der Waals surface area contributed by atoms with Crippen molar-refractivity contribution < 1.29 is 14.3 Å². The molecular formula is C21H24N2O3S. The highest BCUT2D eigenvalue weighted by atomic mass is 32.1. The lowest BCUT2D eigenvalue weighted by atomic mass is 10.0. The summed E-state index contributed by atoms with van der Waals surface area (Å²) in [5.74, 6) is -0.0782. The number of hydrogen-bond donors (Lipinski definition) is 0. The van der Waals surface area contributed by atoms with E-state index in [1.807, 2.05) is 30.3 Å². The van der Waals surface area contributed by atoms with Crippen molar-refractivity contribution in [1.29, 1.82) is 0 Å². The third-order valence-corrected chi connectivity index (χ3v) is 5.67. The number of hydrogen-bond acceptors (Lipinski definition) is 5. The van der Waals surface area contributed by atoms with E-state index in [4.69, 9.17) is 4.74 Å². The van der Waals surface area contributed by atoms with Crippen molar-refractivity contribution in [1.82, 2.24) is 4.98 Å².